The van der Waals surface area contributed by atoms with Gasteiger partial charge in [0.1, 0.15) is 5.01 Å². The van der Waals surface area contributed by atoms with Gasteiger partial charge in [0.2, 0.25) is 0 Å². The average molecular weight is 323 g/mol. The van der Waals surface area contributed by atoms with Gasteiger partial charge in [0.15, 0.2) is 0 Å². The lowest BCUT2D eigenvalue weighted by atomic mass is 10.1. The molecule has 1 aliphatic heterocycles. The molecule has 1 aliphatic rings. The maximum Gasteiger partial charge on any atom is 0.108 e. The van der Waals surface area contributed by atoms with Crippen molar-refractivity contribution >= 4 is 34.9 Å². The van der Waals surface area contributed by atoms with E-state index in [0.717, 1.165) is 5.69 Å². The number of thiazole rings is 1. The molecule has 2 unspecified atom stereocenters. The van der Waals surface area contributed by atoms with E-state index in [1.54, 1.807) is 11.3 Å². The summed E-state index contributed by atoms with van der Waals surface area (Å²) in [5.74, 6) is 2.47. The Bertz CT molecular complexity index is 568. The van der Waals surface area contributed by atoms with Crippen LogP contribution in [0.1, 0.15) is 22.1 Å². The summed E-state index contributed by atoms with van der Waals surface area (Å²) in [5.41, 5.74) is 8.18. The maximum atomic E-state index is 5.92. The number of benzene rings is 1. The van der Waals surface area contributed by atoms with Gasteiger partial charge in [-0.15, -0.1) is 23.1 Å². The Hall–Kier alpha value is -0.490. The highest BCUT2D eigenvalue weighted by Gasteiger charge is 2.28. The third kappa shape index (κ3) is 2.91. The lowest BCUT2D eigenvalue weighted by Gasteiger charge is -2.25. The summed E-state index contributed by atoms with van der Waals surface area (Å²) in [6.45, 7) is 2.88. The third-order valence-electron chi connectivity index (χ3n) is 3.38. The molecule has 1 aromatic carbocycles. The highest BCUT2D eigenvalue weighted by Crippen LogP contribution is 2.45. The van der Waals surface area contributed by atoms with Crippen LogP contribution >= 0.6 is 34.9 Å². The zero-order chi connectivity index (χ0) is 13.9. The van der Waals surface area contributed by atoms with Gasteiger partial charge in [-0.1, -0.05) is 37.3 Å². The van der Waals surface area contributed by atoms with Crippen LogP contribution in [0, 0.1) is 0 Å². The topological polar surface area (TPSA) is 38.9 Å². The van der Waals surface area contributed by atoms with Gasteiger partial charge in [-0.3, -0.25) is 0 Å². The fourth-order valence-corrected chi connectivity index (χ4v) is 6.48. The lowest BCUT2D eigenvalue weighted by Crippen LogP contribution is -2.15. The van der Waals surface area contributed by atoms with E-state index in [1.807, 2.05) is 17.8 Å². The Kier molecular flexibility index (Phi) is 4.71. The van der Waals surface area contributed by atoms with Crippen LogP contribution in [-0.2, 0) is 6.54 Å². The van der Waals surface area contributed by atoms with E-state index >= 15 is 0 Å². The lowest BCUT2D eigenvalue weighted by molar-refractivity contribution is 0.896. The molecule has 0 amide bonds. The smallest absolute Gasteiger partial charge is 0.108 e. The SMILES string of the molecule is CC1SCCSC1c1nc(-c2ccccc2)c(CN)s1. The zero-order valence-electron chi connectivity index (χ0n) is 11.4. The molecule has 1 fully saturated rings. The Labute approximate surface area is 132 Å². The van der Waals surface area contributed by atoms with Gasteiger partial charge >= 0.3 is 0 Å². The van der Waals surface area contributed by atoms with E-state index in [1.165, 1.54) is 27.0 Å². The van der Waals surface area contributed by atoms with Crippen LogP contribution in [0.25, 0.3) is 11.3 Å². The standard InChI is InChI=1S/C15H18N2S3/c1-10-14(19-8-7-18-10)15-17-13(12(9-16)20-15)11-5-3-2-4-6-11/h2-6,10,14H,7-9,16H2,1H3. The first kappa shape index (κ1) is 14.4. The van der Waals surface area contributed by atoms with Crippen molar-refractivity contribution in [3.63, 3.8) is 0 Å². The first-order valence-corrected chi connectivity index (χ1v) is 9.69. The molecule has 20 heavy (non-hydrogen) atoms. The summed E-state index contributed by atoms with van der Waals surface area (Å²) in [4.78, 5) is 6.13. The zero-order valence-corrected chi connectivity index (χ0v) is 13.9. The average Bonchev–Trinajstić information content (AvgIpc) is 2.92. The minimum atomic E-state index is 0.515. The highest BCUT2D eigenvalue weighted by molar-refractivity contribution is 8.06. The maximum absolute atomic E-state index is 5.92. The van der Waals surface area contributed by atoms with Crippen molar-refractivity contribution in [2.75, 3.05) is 11.5 Å². The van der Waals surface area contributed by atoms with E-state index in [2.05, 4.69) is 43.0 Å². The second-order valence-electron chi connectivity index (χ2n) is 4.76. The molecule has 0 bridgehead atoms. The molecule has 0 spiro atoms. The van der Waals surface area contributed by atoms with Gasteiger partial charge in [0.05, 0.1) is 10.9 Å². The van der Waals surface area contributed by atoms with Crippen LogP contribution in [0.5, 0.6) is 0 Å². The van der Waals surface area contributed by atoms with Gasteiger partial charge in [0.25, 0.3) is 0 Å². The molecule has 0 saturated carbocycles. The fraction of sp³-hybridized carbons (Fsp3) is 0.400. The summed E-state index contributed by atoms with van der Waals surface area (Å²) >= 11 is 5.89. The van der Waals surface area contributed by atoms with Gasteiger partial charge in [0, 0.05) is 33.7 Å². The molecular weight excluding hydrogens is 304 g/mol. The molecule has 1 saturated heterocycles. The van der Waals surface area contributed by atoms with Gasteiger partial charge in [-0.2, -0.15) is 11.8 Å². The number of nitrogens with zero attached hydrogens (tertiary/aromatic N) is 1. The Morgan fingerprint density at radius 3 is 2.65 bits per heavy atom. The van der Waals surface area contributed by atoms with Crippen LogP contribution in [0.3, 0.4) is 0 Å². The molecule has 2 atom stereocenters. The highest BCUT2D eigenvalue weighted by atomic mass is 32.2. The molecular formula is C15H18N2S3. The van der Waals surface area contributed by atoms with Crippen LogP contribution < -0.4 is 5.73 Å². The number of rotatable bonds is 3. The summed E-state index contributed by atoms with van der Waals surface area (Å²) < 4.78 is 0. The van der Waals surface area contributed by atoms with Crippen LogP contribution in [-0.4, -0.2) is 21.7 Å². The molecule has 2 heterocycles. The minimum absolute atomic E-state index is 0.515. The molecule has 1 aromatic heterocycles. The predicted octanol–water partition coefficient (Wildman–Crippen LogP) is 4.18. The fourth-order valence-electron chi connectivity index (χ4n) is 2.36. The second kappa shape index (κ2) is 6.52. The molecule has 0 aliphatic carbocycles. The van der Waals surface area contributed by atoms with Crippen LogP contribution in [0.4, 0.5) is 0 Å². The quantitative estimate of drug-likeness (QED) is 0.920. The normalized spacial score (nSPS) is 22.9. The molecule has 2 nitrogen and oxygen atoms in total. The molecule has 5 heteroatoms. The molecule has 2 aromatic rings. The second-order valence-corrected chi connectivity index (χ2v) is 8.61. The number of nitrogens with two attached hydrogens (primary N) is 1. The molecule has 0 radical (unpaired) electrons. The van der Waals surface area contributed by atoms with E-state index in [4.69, 9.17) is 10.7 Å². The molecule has 106 valence electrons. The molecule has 2 N–H and O–H groups in total. The number of hydrogen-bond donors (Lipinski definition) is 1. The Morgan fingerprint density at radius 2 is 1.95 bits per heavy atom. The van der Waals surface area contributed by atoms with E-state index in [-0.39, 0.29) is 0 Å². The number of aromatic nitrogens is 1. The van der Waals surface area contributed by atoms with Gasteiger partial charge < -0.3 is 5.73 Å². The van der Waals surface area contributed by atoms with Crippen molar-refractivity contribution in [3.8, 4) is 11.3 Å². The van der Waals surface area contributed by atoms with Crippen molar-refractivity contribution in [1.82, 2.24) is 4.98 Å². The van der Waals surface area contributed by atoms with Crippen LogP contribution in [0.2, 0.25) is 0 Å². The Morgan fingerprint density at radius 1 is 1.20 bits per heavy atom. The summed E-state index contributed by atoms with van der Waals surface area (Å²) in [5, 5.41) is 2.39. The summed E-state index contributed by atoms with van der Waals surface area (Å²) in [7, 11) is 0. The Balaban J connectivity index is 1.96. The molecule has 3 rings (SSSR count). The van der Waals surface area contributed by atoms with Gasteiger partial charge in [-0.05, 0) is 0 Å². The van der Waals surface area contributed by atoms with Crippen LogP contribution in [0.15, 0.2) is 30.3 Å². The van der Waals surface area contributed by atoms with E-state index < -0.39 is 0 Å². The first-order valence-electron chi connectivity index (χ1n) is 6.78. The predicted molar refractivity (Wildman–Crippen MR) is 92.6 cm³/mol. The van der Waals surface area contributed by atoms with E-state index in [0.29, 0.717) is 17.0 Å². The van der Waals surface area contributed by atoms with Crippen molar-refractivity contribution < 1.29 is 0 Å². The summed E-state index contributed by atoms with van der Waals surface area (Å²) in [6, 6.07) is 10.4. The third-order valence-corrected chi connectivity index (χ3v) is 7.79. The van der Waals surface area contributed by atoms with Crippen molar-refractivity contribution in [1.29, 1.82) is 0 Å². The number of hydrogen-bond acceptors (Lipinski definition) is 5. The summed E-state index contributed by atoms with van der Waals surface area (Å²) in [6.07, 6.45) is 0. The van der Waals surface area contributed by atoms with E-state index in [9.17, 15) is 0 Å². The van der Waals surface area contributed by atoms with Crippen molar-refractivity contribution in [2.24, 2.45) is 5.73 Å². The first-order chi connectivity index (χ1) is 9.79. The number of thioether (sulfide) groups is 2. The monoisotopic (exact) mass is 322 g/mol. The largest absolute Gasteiger partial charge is 0.326 e. The van der Waals surface area contributed by atoms with Crippen molar-refractivity contribution in [3.05, 3.63) is 40.2 Å². The van der Waals surface area contributed by atoms with Crippen molar-refractivity contribution in [2.45, 2.75) is 24.0 Å². The minimum Gasteiger partial charge on any atom is -0.326 e. The van der Waals surface area contributed by atoms with Gasteiger partial charge in [-0.25, -0.2) is 4.98 Å².